The Labute approximate surface area is 210 Å². The number of anilines is 1. The third kappa shape index (κ3) is 3.92. The molecule has 1 unspecified atom stereocenters. The fraction of sp³-hybridized carbons (Fsp3) is 0.333. The maximum absolute atomic E-state index is 13.3. The SMILES string of the molecule is CC1CCCN1S(=O)(=O)c1ccc(-c2cccc(NC(=O)C3(c4ccc5c(c4)OCO5)CC3)n2)cc1. The van der Waals surface area contributed by atoms with E-state index in [1.54, 1.807) is 34.6 Å². The number of nitrogens with one attached hydrogen (secondary N) is 1. The molecule has 186 valence electrons. The standard InChI is InChI=1S/C27H27N3O5S/c1-18-4-3-15-30(18)36(32,33)21-10-7-19(8-11-21)22-5-2-6-25(28-22)29-26(31)27(13-14-27)20-9-12-23-24(16-20)35-17-34-23/h2,5-12,16,18H,3-4,13-15,17H2,1H3,(H,28,29,31). The van der Waals surface area contributed by atoms with E-state index in [0.29, 0.717) is 29.6 Å². The first-order valence-corrected chi connectivity index (χ1v) is 13.6. The van der Waals surface area contributed by atoms with E-state index in [-0.39, 0.29) is 23.6 Å². The van der Waals surface area contributed by atoms with Crippen LogP contribution in [0, 0.1) is 0 Å². The van der Waals surface area contributed by atoms with E-state index in [1.807, 2.05) is 37.3 Å². The summed E-state index contributed by atoms with van der Waals surface area (Å²) in [7, 11) is -3.51. The summed E-state index contributed by atoms with van der Waals surface area (Å²) in [5, 5.41) is 2.97. The van der Waals surface area contributed by atoms with Crippen LogP contribution in [0.1, 0.15) is 38.2 Å². The van der Waals surface area contributed by atoms with Gasteiger partial charge in [0.05, 0.1) is 16.0 Å². The maximum Gasteiger partial charge on any atom is 0.243 e. The average Bonchev–Trinajstić information content (AvgIpc) is 3.36. The van der Waals surface area contributed by atoms with Crippen LogP contribution in [-0.2, 0) is 20.2 Å². The summed E-state index contributed by atoms with van der Waals surface area (Å²) in [6, 6.07) is 17.9. The van der Waals surface area contributed by atoms with Gasteiger partial charge in [0.2, 0.25) is 22.7 Å². The molecular formula is C27H27N3O5S. The predicted molar refractivity (Wildman–Crippen MR) is 134 cm³/mol. The smallest absolute Gasteiger partial charge is 0.243 e. The topological polar surface area (TPSA) is 97.8 Å². The van der Waals surface area contributed by atoms with Crippen molar-refractivity contribution in [3.8, 4) is 22.8 Å². The number of hydrogen-bond acceptors (Lipinski definition) is 6. The van der Waals surface area contributed by atoms with E-state index >= 15 is 0 Å². The first-order valence-electron chi connectivity index (χ1n) is 12.2. The number of rotatable bonds is 6. The molecular weight excluding hydrogens is 478 g/mol. The Morgan fingerprint density at radius 2 is 1.83 bits per heavy atom. The lowest BCUT2D eigenvalue weighted by Crippen LogP contribution is -2.33. The van der Waals surface area contributed by atoms with Gasteiger partial charge >= 0.3 is 0 Å². The second-order valence-corrected chi connectivity index (χ2v) is 11.5. The molecule has 3 heterocycles. The Balaban J connectivity index is 1.20. The van der Waals surface area contributed by atoms with Gasteiger partial charge in [-0.1, -0.05) is 24.3 Å². The number of sulfonamides is 1. The Morgan fingerprint density at radius 1 is 1.06 bits per heavy atom. The molecule has 0 radical (unpaired) electrons. The molecule has 1 N–H and O–H groups in total. The summed E-state index contributed by atoms with van der Waals surface area (Å²) >= 11 is 0. The van der Waals surface area contributed by atoms with E-state index < -0.39 is 15.4 Å². The lowest BCUT2D eigenvalue weighted by Gasteiger charge is -2.21. The Bertz CT molecular complexity index is 1430. The van der Waals surface area contributed by atoms with Gasteiger partial charge in [0.1, 0.15) is 5.82 Å². The Kier molecular flexibility index (Phi) is 5.49. The fourth-order valence-electron chi connectivity index (χ4n) is 5.06. The van der Waals surface area contributed by atoms with Gasteiger partial charge in [0, 0.05) is 18.2 Å². The number of fused-ring (bicyclic) bond motifs is 1. The highest BCUT2D eigenvalue weighted by Crippen LogP contribution is 2.51. The Morgan fingerprint density at radius 3 is 2.56 bits per heavy atom. The van der Waals surface area contributed by atoms with Crippen LogP contribution in [0.15, 0.2) is 65.6 Å². The summed E-state index contributed by atoms with van der Waals surface area (Å²) in [5.74, 6) is 1.70. The quantitative estimate of drug-likeness (QED) is 0.536. The maximum atomic E-state index is 13.3. The summed E-state index contributed by atoms with van der Waals surface area (Å²) < 4.78 is 38.4. The van der Waals surface area contributed by atoms with E-state index in [2.05, 4.69) is 10.3 Å². The lowest BCUT2D eigenvalue weighted by atomic mass is 9.94. The minimum absolute atomic E-state index is 0.0176. The van der Waals surface area contributed by atoms with Crippen LogP contribution in [0.4, 0.5) is 5.82 Å². The molecule has 3 aliphatic rings. The molecule has 0 bridgehead atoms. The molecule has 1 amide bonds. The molecule has 1 aliphatic carbocycles. The molecule has 9 heteroatoms. The molecule has 2 aliphatic heterocycles. The van der Waals surface area contributed by atoms with Crippen molar-refractivity contribution in [2.75, 3.05) is 18.7 Å². The normalized spacial score (nSPS) is 20.3. The highest BCUT2D eigenvalue weighted by molar-refractivity contribution is 7.89. The number of carbonyl (C=O) groups is 1. The number of aromatic nitrogens is 1. The van der Waals surface area contributed by atoms with Crippen molar-refractivity contribution in [3.05, 3.63) is 66.2 Å². The zero-order valence-electron chi connectivity index (χ0n) is 19.9. The van der Waals surface area contributed by atoms with Gasteiger partial charge < -0.3 is 14.8 Å². The van der Waals surface area contributed by atoms with Crippen LogP contribution in [0.2, 0.25) is 0 Å². The zero-order chi connectivity index (χ0) is 24.9. The van der Waals surface area contributed by atoms with Crippen molar-refractivity contribution < 1.29 is 22.7 Å². The number of ether oxygens (including phenoxy) is 2. The number of nitrogens with zero attached hydrogens (tertiary/aromatic N) is 2. The van der Waals surface area contributed by atoms with Crippen LogP contribution in [0.25, 0.3) is 11.3 Å². The molecule has 3 aromatic rings. The molecule has 2 aromatic carbocycles. The zero-order valence-corrected chi connectivity index (χ0v) is 20.8. The van der Waals surface area contributed by atoms with Gasteiger partial charge in [-0.25, -0.2) is 13.4 Å². The lowest BCUT2D eigenvalue weighted by molar-refractivity contribution is -0.118. The fourth-order valence-corrected chi connectivity index (χ4v) is 6.76. The van der Waals surface area contributed by atoms with Crippen molar-refractivity contribution >= 4 is 21.7 Å². The molecule has 6 rings (SSSR count). The highest BCUT2D eigenvalue weighted by atomic mass is 32.2. The van der Waals surface area contributed by atoms with Crippen molar-refractivity contribution in [1.82, 2.24) is 9.29 Å². The molecule has 0 spiro atoms. The molecule has 2 fully saturated rings. The van der Waals surface area contributed by atoms with Gasteiger partial charge in [-0.05, 0) is 74.6 Å². The van der Waals surface area contributed by atoms with Crippen LogP contribution in [0.3, 0.4) is 0 Å². The van der Waals surface area contributed by atoms with E-state index in [1.165, 1.54) is 0 Å². The minimum atomic E-state index is -3.51. The largest absolute Gasteiger partial charge is 0.454 e. The average molecular weight is 506 g/mol. The second kappa shape index (κ2) is 8.60. The van der Waals surface area contributed by atoms with Gasteiger partial charge in [-0.2, -0.15) is 4.31 Å². The third-order valence-electron chi connectivity index (χ3n) is 7.35. The van der Waals surface area contributed by atoms with E-state index in [0.717, 1.165) is 36.8 Å². The first kappa shape index (κ1) is 23.0. The van der Waals surface area contributed by atoms with Crippen LogP contribution < -0.4 is 14.8 Å². The number of hydrogen-bond donors (Lipinski definition) is 1. The molecule has 1 saturated heterocycles. The first-order chi connectivity index (χ1) is 17.4. The van der Waals surface area contributed by atoms with Crippen LogP contribution >= 0.6 is 0 Å². The predicted octanol–water partition coefficient (Wildman–Crippen LogP) is 4.32. The third-order valence-corrected chi connectivity index (χ3v) is 9.38. The molecule has 36 heavy (non-hydrogen) atoms. The van der Waals surface area contributed by atoms with Gasteiger partial charge in [-0.15, -0.1) is 0 Å². The van der Waals surface area contributed by atoms with Crippen molar-refractivity contribution in [1.29, 1.82) is 0 Å². The van der Waals surface area contributed by atoms with Gasteiger partial charge in [-0.3, -0.25) is 4.79 Å². The van der Waals surface area contributed by atoms with Crippen molar-refractivity contribution in [3.63, 3.8) is 0 Å². The second-order valence-electron chi connectivity index (χ2n) is 9.64. The Hall–Kier alpha value is -3.43. The van der Waals surface area contributed by atoms with E-state index in [4.69, 9.17) is 9.47 Å². The van der Waals surface area contributed by atoms with Gasteiger partial charge in [0.15, 0.2) is 11.5 Å². The summed E-state index contributed by atoms with van der Waals surface area (Å²) in [5.41, 5.74) is 1.74. The monoisotopic (exact) mass is 505 g/mol. The molecule has 1 saturated carbocycles. The number of carbonyl (C=O) groups excluding carboxylic acids is 1. The summed E-state index contributed by atoms with van der Waals surface area (Å²) in [6.45, 7) is 2.70. The number of benzene rings is 2. The van der Waals surface area contributed by atoms with Crippen molar-refractivity contribution in [2.24, 2.45) is 0 Å². The number of amides is 1. The van der Waals surface area contributed by atoms with E-state index in [9.17, 15) is 13.2 Å². The number of pyridine rings is 1. The van der Waals surface area contributed by atoms with Crippen LogP contribution in [0.5, 0.6) is 11.5 Å². The summed E-state index contributed by atoms with van der Waals surface area (Å²) in [4.78, 5) is 18.2. The van der Waals surface area contributed by atoms with Crippen molar-refractivity contribution in [2.45, 2.75) is 49.0 Å². The molecule has 1 atom stereocenters. The molecule has 8 nitrogen and oxygen atoms in total. The highest BCUT2D eigenvalue weighted by Gasteiger charge is 2.51. The van der Waals surface area contributed by atoms with Crippen LogP contribution in [-0.4, -0.2) is 43.0 Å². The summed E-state index contributed by atoms with van der Waals surface area (Å²) in [6.07, 6.45) is 3.28. The van der Waals surface area contributed by atoms with Gasteiger partial charge in [0.25, 0.3) is 0 Å². The minimum Gasteiger partial charge on any atom is -0.454 e. The molecule has 1 aromatic heterocycles.